The Morgan fingerprint density at radius 3 is 2.60 bits per heavy atom. The maximum Gasteiger partial charge on any atom is 0.156 e. The zero-order valence-corrected chi connectivity index (χ0v) is 8.64. The third kappa shape index (κ3) is 3.69. The van der Waals surface area contributed by atoms with Crippen LogP contribution in [-0.4, -0.2) is 30.6 Å². The SMILES string of the molecule is COCC(N)C(=O)Cc1ccc(O)cc1. The summed E-state index contributed by atoms with van der Waals surface area (Å²) in [7, 11) is 1.51. The Hall–Kier alpha value is -1.39. The molecular formula is C11H15NO3. The number of benzene rings is 1. The summed E-state index contributed by atoms with van der Waals surface area (Å²) in [6.07, 6.45) is 0.269. The summed E-state index contributed by atoms with van der Waals surface area (Å²) < 4.78 is 4.80. The molecule has 4 heteroatoms. The first-order valence-corrected chi connectivity index (χ1v) is 4.68. The minimum atomic E-state index is -0.580. The highest BCUT2D eigenvalue weighted by molar-refractivity contribution is 5.86. The second-order valence-electron chi connectivity index (χ2n) is 3.37. The van der Waals surface area contributed by atoms with Gasteiger partial charge in [0.1, 0.15) is 5.75 Å². The predicted molar refractivity (Wildman–Crippen MR) is 56.7 cm³/mol. The number of hydrogen-bond donors (Lipinski definition) is 2. The highest BCUT2D eigenvalue weighted by Gasteiger charge is 2.13. The molecule has 0 aliphatic heterocycles. The zero-order chi connectivity index (χ0) is 11.3. The first-order chi connectivity index (χ1) is 7.13. The van der Waals surface area contributed by atoms with Crippen molar-refractivity contribution >= 4 is 5.78 Å². The van der Waals surface area contributed by atoms with Gasteiger partial charge in [0.2, 0.25) is 0 Å². The second kappa shape index (κ2) is 5.48. The molecule has 82 valence electrons. The average molecular weight is 209 g/mol. The molecule has 1 unspecified atom stereocenters. The van der Waals surface area contributed by atoms with Gasteiger partial charge in [0.05, 0.1) is 12.6 Å². The van der Waals surface area contributed by atoms with Crippen LogP contribution in [0.5, 0.6) is 5.75 Å². The molecule has 0 aromatic heterocycles. The molecule has 1 rings (SSSR count). The van der Waals surface area contributed by atoms with Crippen molar-refractivity contribution in [2.75, 3.05) is 13.7 Å². The Kier molecular flexibility index (Phi) is 4.27. The zero-order valence-electron chi connectivity index (χ0n) is 8.64. The van der Waals surface area contributed by atoms with Gasteiger partial charge in [0.25, 0.3) is 0 Å². The molecular weight excluding hydrogens is 194 g/mol. The number of aromatic hydroxyl groups is 1. The highest BCUT2D eigenvalue weighted by Crippen LogP contribution is 2.10. The summed E-state index contributed by atoms with van der Waals surface area (Å²) >= 11 is 0. The number of ketones is 1. The molecule has 0 saturated heterocycles. The van der Waals surface area contributed by atoms with Gasteiger partial charge in [-0.1, -0.05) is 12.1 Å². The molecule has 0 radical (unpaired) electrons. The minimum absolute atomic E-state index is 0.0671. The summed E-state index contributed by atoms with van der Waals surface area (Å²) in [6.45, 7) is 0.233. The third-order valence-electron chi connectivity index (χ3n) is 2.07. The van der Waals surface area contributed by atoms with Crippen LogP contribution >= 0.6 is 0 Å². The van der Waals surface area contributed by atoms with Crippen molar-refractivity contribution in [3.8, 4) is 5.75 Å². The van der Waals surface area contributed by atoms with E-state index in [0.29, 0.717) is 0 Å². The third-order valence-corrected chi connectivity index (χ3v) is 2.07. The Labute approximate surface area is 88.7 Å². The summed E-state index contributed by atoms with van der Waals surface area (Å²) in [5.41, 5.74) is 6.42. The number of phenols is 1. The van der Waals surface area contributed by atoms with Gasteiger partial charge in [-0.2, -0.15) is 0 Å². The van der Waals surface area contributed by atoms with Crippen LogP contribution in [0.15, 0.2) is 24.3 Å². The Morgan fingerprint density at radius 2 is 2.07 bits per heavy atom. The number of methoxy groups -OCH3 is 1. The first-order valence-electron chi connectivity index (χ1n) is 4.68. The second-order valence-corrected chi connectivity index (χ2v) is 3.37. The molecule has 1 atom stereocenters. The molecule has 0 bridgehead atoms. The van der Waals surface area contributed by atoms with Crippen LogP contribution < -0.4 is 5.73 Å². The number of carbonyl (C=O) groups excluding carboxylic acids is 1. The standard InChI is InChI=1S/C11H15NO3/c1-15-7-10(12)11(14)6-8-2-4-9(13)5-3-8/h2-5,10,13H,6-7,12H2,1H3. The largest absolute Gasteiger partial charge is 0.508 e. The topological polar surface area (TPSA) is 72.5 Å². The maximum atomic E-state index is 11.5. The van der Waals surface area contributed by atoms with E-state index in [1.54, 1.807) is 24.3 Å². The molecule has 0 spiro atoms. The van der Waals surface area contributed by atoms with Crippen molar-refractivity contribution in [1.82, 2.24) is 0 Å². The monoisotopic (exact) mass is 209 g/mol. The Bertz CT molecular complexity index is 321. The molecule has 0 amide bonds. The van der Waals surface area contributed by atoms with E-state index in [1.807, 2.05) is 0 Å². The molecule has 0 aliphatic carbocycles. The molecule has 0 saturated carbocycles. The molecule has 0 heterocycles. The first kappa shape index (κ1) is 11.7. The van der Waals surface area contributed by atoms with E-state index in [-0.39, 0.29) is 24.6 Å². The van der Waals surface area contributed by atoms with Crippen LogP contribution in [0.1, 0.15) is 5.56 Å². The van der Waals surface area contributed by atoms with Gasteiger partial charge < -0.3 is 15.6 Å². The van der Waals surface area contributed by atoms with Crippen LogP contribution in [0, 0.1) is 0 Å². The lowest BCUT2D eigenvalue weighted by Gasteiger charge is -2.08. The van der Waals surface area contributed by atoms with Crippen molar-refractivity contribution in [1.29, 1.82) is 0 Å². The van der Waals surface area contributed by atoms with Crippen molar-refractivity contribution in [2.24, 2.45) is 5.73 Å². The molecule has 0 aliphatic rings. The van der Waals surface area contributed by atoms with E-state index in [4.69, 9.17) is 15.6 Å². The molecule has 0 fully saturated rings. The fourth-order valence-corrected chi connectivity index (χ4v) is 1.22. The fraction of sp³-hybridized carbons (Fsp3) is 0.364. The number of hydrogen-bond acceptors (Lipinski definition) is 4. The maximum absolute atomic E-state index is 11.5. The lowest BCUT2D eigenvalue weighted by molar-refractivity contribution is -0.120. The van der Waals surface area contributed by atoms with Crippen LogP contribution in [-0.2, 0) is 16.0 Å². The van der Waals surface area contributed by atoms with Crippen molar-refractivity contribution in [2.45, 2.75) is 12.5 Å². The van der Waals surface area contributed by atoms with Crippen LogP contribution in [0.2, 0.25) is 0 Å². The van der Waals surface area contributed by atoms with E-state index < -0.39 is 6.04 Å². The van der Waals surface area contributed by atoms with Gasteiger partial charge in [-0.15, -0.1) is 0 Å². The number of Topliss-reactive ketones (excluding diaryl/α,β-unsaturated/α-hetero) is 1. The Morgan fingerprint density at radius 1 is 1.47 bits per heavy atom. The van der Waals surface area contributed by atoms with Gasteiger partial charge in [-0.25, -0.2) is 0 Å². The predicted octanol–water partition coefficient (Wildman–Crippen LogP) is 0.477. The molecule has 1 aromatic rings. The normalized spacial score (nSPS) is 12.4. The van der Waals surface area contributed by atoms with E-state index in [9.17, 15) is 4.79 Å². The number of rotatable bonds is 5. The summed E-state index contributed by atoms with van der Waals surface area (Å²) in [4.78, 5) is 11.5. The van der Waals surface area contributed by atoms with Crippen molar-refractivity contribution < 1.29 is 14.6 Å². The molecule has 1 aromatic carbocycles. The van der Waals surface area contributed by atoms with Gasteiger partial charge >= 0.3 is 0 Å². The van der Waals surface area contributed by atoms with Crippen LogP contribution in [0.4, 0.5) is 0 Å². The number of ether oxygens (including phenoxy) is 1. The van der Waals surface area contributed by atoms with Gasteiger partial charge in [-0.3, -0.25) is 4.79 Å². The number of nitrogens with two attached hydrogens (primary N) is 1. The van der Waals surface area contributed by atoms with E-state index in [1.165, 1.54) is 7.11 Å². The molecule has 3 N–H and O–H groups in total. The van der Waals surface area contributed by atoms with Gasteiger partial charge in [0.15, 0.2) is 5.78 Å². The number of carbonyl (C=O) groups is 1. The highest BCUT2D eigenvalue weighted by atomic mass is 16.5. The number of phenolic OH excluding ortho intramolecular Hbond substituents is 1. The summed E-state index contributed by atoms with van der Waals surface area (Å²) in [6, 6.07) is 5.91. The van der Waals surface area contributed by atoms with Crippen LogP contribution in [0.25, 0.3) is 0 Å². The smallest absolute Gasteiger partial charge is 0.156 e. The molecule has 4 nitrogen and oxygen atoms in total. The van der Waals surface area contributed by atoms with E-state index >= 15 is 0 Å². The summed E-state index contributed by atoms with van der Waals surface area (Å²) in [5, 5.41) is 9.05. The van der Waals surface area contributed by atoms with Gasteiger partial charge in [-0.05, 0) is 17.7 Å². The van der Waals surface area contributed by atoms with E-state index in [0.717, 1.165) is 5.56 Å². The fourth-order valence-electron chi connectivity index (χ4n) is 1.22. The lowest BCUT2D eigenvalue weighted by atomic mass is 10.0. The van der Waals surface area contributed by atoms with Gasteiger partial charge in [0, 0.05) is 13.5 Å². The van der Waals surface area contributed by atoms with Crippen molar-refractivity contribution in [3.05, 3.63) is 29.8 Å². The quantitative estimate of drug-likeness (QED) is 0.739. The minimum Gasteiger partial charge on any atom is -0.508 e. The average Bonchev–Trinajstić information content (AvgIpc) is 2.22. The summed E-state index contributed by atoms with van der Waals surface area (Å²) in [5.74, 6) is 0.120. The Balaban J connectivity index is 2.54. The van der Waals surface area contributed by atoms with E-state index in [2.05, 4.69) is 0 Å². The van der Waals surface area contributed by atoms with Crippen molar-refractivity contribution in [3.63, 3.8) is 0 Å². The molecule has 15 heavy (non-hydrogen) atoms. The lowest BCUT2D eigenvalue weighted by Crippen LogP contribution is -2.35. The van der Waals surface area contributed by atoms with Crippen LogP contribution in [0.3, 0.4) is 0 Å².